The van der Waals surface area contributed by atoms with Crippen LogP contribution < -0.4 is 0 Å². The molecule has 0 saturated heterocycles. The molecule has 0 bridgehead atoms. The maximum atomic E-state index is 5.48. The molecule has 0 radical (unpaired) electrons. The van der Waals surface area contributed by atoms with Gasteiger partial charge in [-0.1, -0.05) is 38.5 Å². The number of unbranched alkanes of at least 4 members (excludes halogenated alkanes) is 4. The maximum Gasteiger partial charge on any atom is 0.107 e. The highest BCUT2D eigenvalue weighted by molar-refractivity contribution is 4.82. The summed E-state index contributed by atoms with van der Waals surface area (Å²) in [6, 6.07) is 0. The molecule has 0 amide bonds. The second-order valence-electron chi connectivity index (χ2n) is 4.51. The maximum absolute atomic E-state index is 5.48. The average Bonchev–Trinajstić information content (AvgIpc) is 2.47. The minimum absolute atomic E-state index is 0.343. The summed E-state index contributed by atoms with van der Waals surface area (Å²) in [5, 5.41) is 0. The molecule has 0 rings (SSSR count). The van der Waals surface area contributed by atoms with Gasteiger partial charge in [-0.15, -0.1) is 6.42 Å². The minimum Gasteiger partial charge on any atom is -0.379 e. The fraction of sp³-hybridized carbons (Fsp3) is 0.875. The molecule has 0 aromatic carbocycles. The Bertz CT molecular complexity index is 213. The second kappa shape index (κ2) is 18.4. The monoisotopic (exact) mass is 286 g/mol. The van der Waals surface area contributed by atoms with E-state index in [1.54, 1.807) is 0 Å². The highest BCUT2D eigenvalue weighted by Crippen LogP contribution is 2.02. The van der Waals surface area contributed by atoms with Crippen LogP contribution in [0, 0.1) is 12.3 Å². The Kier molecular flexibility index (Phi) is 17.8. The first-order chi connectivity index (χ1) is 9.91. The van der Waals surface area contributed by atoms with Gasteiger partial charge in [-0.2, -0.15) is 0 Å². The summed E-state index contributed by atoms with van der Waals surface area (Å²) >= 11 is 0. The quantitative estimate of drug-likeness (QED) is 0.323. The van der Waals surface area contributed by atoms with E-state index in [1.807, 2.05) is 0 Å². The van der Waals surface area contributed by atoms with Crippen LogP contribution in [0.1, 0.15) is 39.0 Å². The summed E-state index contributed by atoms with van der Waals surface area (Å²) in [7, 11) is 0. The van der Waals surface area contributed by atoms with Gasteiger partial charge < -0.3 is 18.9 Å². The van der Waals surface area contributed by atoms with Crippen molar-refractivity contribution in [1.82, 2.24) is 0 Å². The Hall–Kier alpha value is -0.600. The van der Waals surface area contributed by atoms with Gasteiger partial charge in [0.2, 0.25) is 0 Å². The van der Waals surface area contributed by atoms with Crippen LogP contribution in [0.2, 0.25) is 0 Å². The number of ether oxygens (including phenoxy) is 4. The number of hydrogen-bond acceptors (Lipinski definition) is 4. The molecule has 0 aromatic rings. The van der Waals surface area contributed by atoms with Gasteiger partial charge in [-0.25, -0.2) is 0 Å². The van der Waals surface area contributed by atoms with Crippen molar-refractivity contribution in [2.75, 3.05) is 52.9 Å². The zero-order valence-electron chi connectivity index (χ0n) is 12.9. The van der Waals surface area contributed by atoms with Crippen LogP contribution in [0.15, 0.2) is 0 Å². The van der Waals surface area contributed by atoms with E-state index in [0.29, 0.717) is 46.2 Å². The van der Waals surface area contributed by atoms with Gasteiger partial charge >= 0.3 is 0 Å². The Morgan fingerprint density at radius 3 is 1.70 bits per heavy atom. The molecule has 4 heteroatoms. The van der Waals surface area contributed by atoms with Crippen molar-refractivity contribution in [3.05, 3.63) is 0 Å². The molecule has 118 valence electrons. The Morgan fingerprint density at radius 1 is 0.650 bits per heavy atom. The SMILES string of the molecule is C#CCOCCOCCOCCOCCCCCCC. The van der Waals surface area contributed by atoms with Crippen LogP contribution in [0.25, 0.3) is 0 Å². The summed E-state index contributed by atoms with van der Waals surface area (Å²) in [5.74, 6) is 2.40. The third-order valence-corrected chi connectivity index (χ3v) is 2.69. The van der Waals surface area contributed by atoms with E-state index in [0.717, 1.165) is 13.0 Å². The van der Waals surface area contributed by atoms with Gasteiger partial charge in [0.25, 0.3) is 0 Å². The van der Waals surface area contributed by atoms with Crippen LogP contribution in [-0.4, -0.2) is 52.9 Å². The molecule has 0 heterocycles. The summed E-state index contributed by atoms with van der Waals surface area (Å²) in [6.45, 7) is 6.97. The first-order valence-corrected chi connectivity index (χ1v) is 7.66. The molecular weight excluding hydrogens is 256 g/mol. The van der Waals surface area contributed by atoms with Crippen molar-refractivity contribution < 1.29 is 18.9 Å². The largest absolute Gasteiger partial charge is 0.379 e. The fourth-order valence-electron chi connectivity index (χ4n) is 1.60. The van der Waals surface area contributed by atoms with Gasteiger partial charge in [-0.3, -0.25) is 0 Å². The van der Waals surface area contributed by atoms with Crippen molar-refractivity contribution in [2.45, 2.75) is 39.0 Å². The van der Waals surface area contributed by atoms with Crippen LogP contribution in [0.5, 0.6) is 0 Å². The first-order valence-electron chi connectivity index (χ1n) is 7.66. The van der Waals surface area contributed by atoms with Crippen molar-refractivity contribution in [3.63, 3.8) is 0 Å². The van der Waals surface area contributed by atoms with E-state index < -0.39 is 0 Å². The topological polar surface area (TPSA) is 36.9 Å². The summed E-state index contributed by atoms with van der Waals surface area (Å²) in [6.07, 6.45) is 11.4. The highest BCUT2D eigenvalue weighted by Gasteiger charge is 1.93. The molecule has 0 N–H and O–H groups in total. The molecule has 0 spiro atoms. The first kappa shape index (κ1) is 19.4. The number of rotatable bonds is 16. The van der Waals surface area contributed by atoms with Crippen molar-refractivity contribution in [2.24, 2.45) is 0 Å². The minimum atomic E-state index is 0.343. The number of terminal acetylenes is 1. The van der Waals surface area contributed by atoms with Gasteiger partial charge in [-0.05, 0) is 6.42 Å². The second-order valence-corrected chi connectivity index (χ2v) is 4.51. The highest BCUT2D eigenvalue weighted by atomic mass is 16.6. The van der Waals surface area contributed by atoms with Gasteiger partial charge in [0.15, 0.2) is 0 Å². The van der Waals surface area contributed by atoms with E-state index in [4.69, 9.17) is 25.4 Å². The van der Waals surface area contributed by atoms with E-state index in [9.17, 15) is 0 Å². The van der Waals surface area contributed by atoms with E-state index >= 15 is 0 Å². The molecular formula is C16H30O4. The molecule has 0 fully saturated rings. The molecule has 4 nitrogen and oxygen atoms in total. The van der Waals surface area contributed by atoms with E-state index in [2.05, 4.69) is 12.8 Å². The fourth-order valence-corrected chi connectivity index (χ4v) is 1.60. The van der Waals surface area contributed by atoms with Crippen molar-refractivity contribution in [1.29, 1.82) is 0 Å². The smallest absolute Gasteiger partial charge is 0.107 e. The van der Waals surface area contributed by atoms with Crippen LogP contribution >= 0.6 is 0 Å². The van der Waals surface area contributed by atoms with Crippen molar-refractivity contribution >= 4 is 0 Å². The van der Waals surface area contributed by atoms with Crippen LogP contribution in [0.4, 0.5) is 0 Å². The van der Waals surface area contributed by atoms with Gasteiger partial charge in [0.1, 0.15) is 6.61 Å². The molecule has 0 aromatic heterocycles. The van der Waals surface area contributed by atoms with Crippen molar-refractivity contribution in [3.8, 4) is 12.3 Å². The molecule has 0 unspecified atom stereocenters. The van der Waals surface area contributed by atoms with Crippen LogP contribution in [0.3, 0.4) is 0 Å². The summed E-state index contributed by atoms with van der Waals surface area (Å²) in [4.78, 5) is 0. The predicted molar refractivity (Wildman–Crippen MR) is 80.9 cm³/mol. The third kappa shape index (κ3) is 17.4. The van der Waals surface area contributed by atoms with E-state index in [1.165, 1.54) is 25.7 Å². The van der Waals surface area contributed by atoms with Crippen LogP contribution in [-0.2, 0) is 18.9 Å². The lowest BCUT2D eigenvalue weighted by atomic mass is 10.2. The molecule has 0 atom stereocenters. The lowest BCUT2D eigenvalue weighted by molar-refractivity contribution is 0.000916. The molecule has 0 aliphatic rings. The molecule has 20 heavy (non-hydrogen) atoms. The zero-order chi connectivity index (χ0) is 14.7. The Balaban J connectivity index is 2.91. The Morgan fingerprint density at radius 2 is 1.15 bits per heavy atom. The normalized spacial score (nSPS) is 10.6. The standard InChI is InChI=1S/C16H30O4/c1-3-5-6-7-8-10-18-12-14-20-16-15-19-13-11-17-9-4-2/h2H,3,5-16H2,1H3. The molecule has 0 aliphatic heterocycles. The molecule has 0 aliphatic carbocycles. The van der Waals surface area contributed by atoms with Gasteiger partial charge in [0, 0.05) is 6.61 Å². The zero-order valence-corrected chi connectivity index (χ0v) is 12.9. The average molecular weight is 286 g/mol. The predicted octanol–water partition coefficient (Wildman–Crippen LogP) is 2.66. The van der Waals surface area contributed by atoms with E-state index in [-0.39, 0.29) is 0 Å². The number of hydrogen-bond donors (Lipinski definition) is 0. The Labute approximate surface area is 124 Å². The summed E-state index contributed by atoms with van der Waals surface area (Å²) < 4.78 is 21.2. The third-order valence-electron chi connectivity index (χ3n) is 2.69. The lowest BCUT2D eigenvalue weighted by Gasteiger charge is -2.07. The lowest BCUT2D eigenvalue weighted by Crippen LogP contribution is -2.12. The molecule has 0 saturated carbocycles. The van der Waals surface area contributed by atoms with Gasteiger partial charge in [0.05, 0.1) is 39.6 Å². The summed E-state index contributed by atoms with van der Waals surface area (Å²) in [5.41, 5.74) is 0.